The molecule has 0 amide bonds. The van der Waals surface area contributed by atoms with E-state index in [0.29, 0.717) is 17.5 Å². The van der Waals surface area contributed by atoms with Crippen LogP contribution in [0, 0.1) is 5.92 Å². The van der Waals surface area contributed by atoms with Gasteiger partial charge in [-0.1, -0.05) is 25.8 Å². The van der Waals surface area contributed by atoms with E-state index < -0.39 is 0 Å². The van der Waals surface area contributed by atoms with Gasteiger partial charge in [-0.2, -0.15) is 0 Å². The molecule has 2 atom stereocenters. The molecule has 106 valence electrons. The van der Waals surface area contributed by atoms with Crippen molar-refractivity contribution in [1.29, 1.82) is 0 Å². The number of pyridine rings is 1. The van der Waals surface area contributed by atoms with Crippen LogP contribution in [0.2, 0.25) is 0 Å². The predicted molar refractivity (Wildman–Crippen MR) is 81.1 cm³/mol. The smallest absolute Gasteiger partial charge is 0.259 e. The normalized spacial score (nSPS) is 23.4. The van der Waals surface area contributed by atoms with Gasteiger partial charge in [-0.25, -0.2) is 4.98 Å². The monoisotopic (exact) mass is 271 g/mol. The van der Waals surface area contributed by atoms with Crippen LogP contribution in [0.5, 0.6) is 0 Å². The van der Waals surface area contributed by atoms with Gasteiger partial charge in [0.15, 0.2) is 0 Å². The molecule has 1 fully saturated rings. The highest BCUT2D eigenvalue weighted by Gasteiger charge is 2.16. The SMILES string of the molecule is CC1CCCC(Nc2cc(=O)n3ccccc3n2)CC1. The number of nitrogens with one attached hydrogen (secondary N) is 1. The van der Waals surface area contributed by atoms with E-state index in [1.807, 2.05) is 18.2 Å². The van der Waals surface area contributed by atoms with Crippen LogP contribution in [0.4, 0.5) is 5.82 Å². The Morgan fingerprint density at radius 2 is 2.15 bits per heavy atom. The molecule has 0 bridgehead atoms. The molecule has 4 heteroatoms. The van der Waals surface area contributed by atoms with Gasteiger partial charge in [0, 0.05) is 18.3 Å². The second-order valence-corrected chi connectivity index (χ2v) is 5.86. The van der Waals surface area contributed by atoms with Crippen LogP contribution in [0.3, 0.4) is 0 Å². The molecule has 2 unspecified atom stereocenters. The fourth-order valence-electron chi connectivity index (χ4n) is 2.97. The first kappa shape index (κ1) is 13.2. The van der Waals surface area contributed by atoms with Gasteiger partial charge in [0.1, 0.15) is 11.5 Å². The van der Waals surface area contributed by atoms with Gasteiger partial charge in [-0.3, -0.25) is 9.20 Å². The quantitative estimate of drug-likeness (QED) is 0.854. The van der Waals surface area contributed by atoms with Crippen LogP contribution in [-0.4, -0.2) is 15.4 Å². The van der Waals surface area contributed by atoms with Crippen LogP contribution < -0.4 is 10.9 Å². The number of hydrogen-bond acceptors (Lipinski definition) is 3. The minimum Gasteiger partial charge on any atom is -0.367 e. The highest BCUT2D eigenvalue weighted by atomic mass is 16.1. The van der Waals surface area contributed by atoms with Crippen molar-refractivity contribution in [3.63, 3.8) is 0 Å². The summed E-state index contributed by atoms with van der Waals surface area (Å²) in [5.74, 6) is 1.53. The van der Waals surface area contributed by atoms with Gasteiger partial charge in [0.25, 0.3) is 5.56 Å². The van der Waals surface area contributed by atoms with Gasteiger partial charge in [0.05, 0.1) is 0 Å². The first-order chi connectivity index (χ1) is 9.72. The number of anilines is 1. The van der Waals surface area contributed by atoms with Crippen LogP contribution in [0.1, 0.15) is 39.0 Å². The summed E-state index contributed by atoms with van der Waals surface area (Å²) in [4.78, 5) is 16.6. The lowest BCUT2D eigenvalue weighted by Gasteiger charge is -2.17. The third-order valence-electron chi connectivity index (χ3n) is 4.18. The zero-order valence-electron chi connectivity index (χ0n) is 11.9. The van der Waals surface area contributed by atoms with Crippen molar-refractivity contribution < 1.29 is 0 Å². The molecular weight excluding hydrogens is 250 g/mol. The zero-order valence-corrected chi connectivity index (χ0v) is 11.9. The number of aromatic nitrogens is 2. The van der Waals surface area contributed by atoms with E-state index in [9.17, 15) is 4.79 Å². The third-order valence-corrected chi connectivity index (χ3v) is 4.18. The predicted octanol–water partition coefficient (Wildman–Crippen LogP) is 3.08. The number of nitrogens with zero attached hydrogens (tertiary/aromatic N) is 2. The molecule has 2 aromatic rings. The standard InChI is InChI=1S/C16H21N3O/c1-12-5-4-6-13(9-8-12)17-14-11-16(20)19-10-3-2-7-15(19)18-14/h2-3,7,10-13,17H,4-6,8-9H2,1H3. The summed E-state index contributed by atoms with van der Waals surface area (Å²) in [7, 11) is 0. The van der Waals surface area contributed by atoms with Crippen molar-refractivity contribution in [3.05, 3.63) is 40.8 Å². The average molecular weight is 271 g/mol. The van der Waals surface area contributed by atoms with Crippen molar-refractivity contribution in [2.45, 2.75) is 45.1 Å². The van der Waals surface area contributed by atoms with Gasteiger partial charge in [-0.15, -0.1) is 0 Å². The molecule has 0 spiro atoms. The molecule has 1 N–H and O–H groups in total. The molecule has 0 radical (unpaired) electrons. The highest BCUT2D eigenvalue weighted by Crippen LogP contribution is 2.24. The lowest BCUT2D eigenvalue weighted by molar-refractivity contribution is 0.502. The first-order valence-electron chi connectivity index (χ1n) is 7.47. The largest absolute Gasteiger partial charge is 0.367 e. The third kappa shape index (κ3) is 2.84. The molecule has 1 aliphatic carbocycles. The zero-order chi connectivity index (χ0) is 13.9. The lowest BCUT2D eigenvalue weighted by atomic mass is 10.0. The van der Waals surface area contributed by atoms with Crippen molar-refractivity contribution in [2.75, 3.05) is 5.32 Å². The molecule has 3 rings (SSSR count). The molecule has 0 saturated heterocycles. The Labute approximate surface area is 118 Å². The maximum absolute atomic E-state index is 12.0. The summed E-state index contributed by atoms with van der Waals surface area (Å²) in [6.07, 6.45) is 7.90. The van der Waals surface area contributed by atoms with E-state index in [2.05, 4.69) is 17.2 Å². The van der Waals surface area contributed by atoms with Gasteiger partial charge >= 0.3 is 0 Å². The minimum atomic E-state index is -0.0277. The number of rotatable bonds is 2. The van der Waals surface area contributed by atoms with E-state index >= 15 is 0 Å². The number of hydrogen-bond donors (Lipinski definition) is 1. The second-order valence-electron chi connectivity index (χ2n) is 5.86. The van der Waals surface area contributed by atoms with E-state index in [-0.39, 0.29) is 5.56 Å². The Bertz CT molecular complexity index is 649. The van der Waals surface area contributed by atoms with Crippen LogP contribution in [0.15, 0.2) is 35.3 Å². The van der Waals surface area contributed by atoms with E-state index in [1.54, 1.807) is 16.7 Å². The molecule has 2 aromatic heterocycles. The van der Waals surface area contributed by atoms with Gasteiger partial charge in [-0.05, 0) is 37.3 Å². The van der Waals surface area contributed by atoms with Crippen molar-refractivity contribution in [2.24, 2.45) is 5.92 Å². The summed E-state index contributed by atoms with van der Waals surface area (Å²) in [6, 6.07) is 7.65. The Hall–Kier alpha value is -1.84. The molecule has 2 heterocycles. The molecule has 20 heavy (non-hydrogen) atoms. The molecule has 0 aliphatic heterocycles. The molecular formula is C16H21N3O. The Morgan fingerprint density at radius 3 is 3.05 bits per heavy atom. The summed E-state index contributed by atoms with van der Waals surface area (Å²) < 4.78 is 1.57. The van der Waals surface area contributed by atoms with E-state index in [4.69, 9.17) is 0 Å². The molecule has 0 aromatic carbocycles. The van der Waals surface area contributed by atoms with Crippen LogP contribution >= 0.6 is 0 Å². The van der Waals surface area contributed by atoms with E-state index in [0.717, 1.165) is 12.3 Å². The molecule has 1 aliphatic rings. The summed E-state index contributed by atoms with van der Waals surface area (Å²) in [5.41, 5.74) is 0.671. The Morgan fingerprint density at radius 1 is 1.25 bits per heavy atom. The number of fused-ring (bicyclic) bond motifs is 1. The first-order valence-corrected chi connectivity index (χ1v) is 7.47. The molecule has 4 nitrogen and oxygen atoms in total. The second kappa shape index (κ2) is 5.65. The highest BCUT2D eigenvalue weighted by molar-refractivity contribution is 5.46. The van der Waals surface area contributed by atoms with Crippen molar-refractivity contribution in [1.82, 2.24) is 9.38 Å². The lowest BCUT2D eigenvalue weighted by Crippen LogP contribution is -2.22. The Kier molecular flexibility index (Phi) is 3.72. The minimum absolute atomic E-state index is 0.0277. The topological polar surface area (TPSA) is 46.4 Å². The summed E-state index contributed by atoms with van der Waals surface area (Å²) in [5, 5.41) is 3.45. The molecule has 1 saturated carbocycles. The Balaban J connectivity index is 1.82. The fraction of sp³-hybridized carbons (Fsp3) is 0.500. The van der Waals surface area contributed by atoms with Crippen LogP contribution in [0.25, 0.3) is 5.65 Å². The fourth-order valence-corrected chi connectivity index (χ4v) is 2.97. The van der Waals surface area contributed by atoms with Crippen molar-refractivity contribution >= 4 is 11.5 Å². The van der Waals surface area contributed by atoms with E-state index in [1.165, 1.54) is 25.7 Å². The summed E-state index contributed by atoms with van der Waals surface area (Å²) >= 11 is 0. The van der Waals surface area contributed by atoms with Crippen LogP contribution in [-0.2, 0) is 0 Å². The maximum atomic E-state index is 12.0. The van der Waals surface area contributed by atoms with Crippen molar-refractivity contribution in [3.8, 4) is 0 Å². The van der Waals surface area contributed by atoms with Gasteiger partial charge < -0.3 is 5.32 Å². The van der Waals surface area contributed by atoms with Gasteiger partial charge in [0.2, 0.25) is 0 Å². The maximum Gasteiger partial charge on any atom is 0.259 e. The summed E-state index contributed by atoms with van der Waals surface area (Å²) in [6.45, 7) is 2.32. The average Bonchev–Trinajstić information content (AvgIpc) is 2.64.